The van der Waals surface area contributed by atoms with Crippen LogP contribution in [0.5, 0.6) is 5.75 Å². The smallest absolute Gasteiger partial charge is 0.255 e. The molecule has 0 saturated heterocycles. The fraction of sp³-hybridized carbons (Fsp3) is 0.158. The molecule has 0 aliphatic heterocycles. The number of anilines is 1. The highest BCUT2D eigenvalue weighted by molar-refractivity contribution is 6.42. The van der Waals surface area contributed by atoms with Crippen LogP contribution in [0.15, 0.2) is 47.0 Å². The van der Waals surface area contributed by atoms with Gasteiger partial charge >= 0.3 is 0 Å². The van der Waals surface area contributed by atoms with E-state index in [9.17, 15) is 4.79 Å². The monoisotopic (exact) mass is 390 g/mol. The number of nitrogens with zero attached hydrogens (tertiary/aromatic N) is 1. The maximum Gasteiger partial charge on any atom is 0.255 e. The lowest BCUT2D eigenvalue weighted by atomic mass is 10.2. The highest BCUT2D eigenvalue weighted by atomic mass is 35.5. The molecule has 1 aromatic heterocycles. The summed E-state index contributed by atoms with van der Waals surface area (Å²) in [4.78, 5) is 12.3. The van der Waals surface area contributed by atoms with Crippen molar-refractivity contribution in [3.63, 3.8) is 0 Å². The van der Waals surface area contributed by atoms with Crippen molar-refractivity contribution < 1.29 is 14.1 Å². The van der Waals surface area contributed by atoms with Crippen LogP contribution >= 0.6 is 23.2 Å². The Morgan fingerprint density at radius 1 is 1.12 bits per heavy atom. The zero-order chi connectivity index (χ0) is 18.7. The molecule has 26 heavy (non-hydrogen) atoms. The number of benzene rings is 2. The molecule has 0 spiro atoms. The van der Waals surface area contributed by atoms with E-state index >= 15 is 0 Å². The number of carbonyl (C=O) groups excluding carboxylic acids is 1. The van der Waals surface area contributed by atoms with Crippen LogP contribution in [0.25, 0.3) is 0 Å². The summed E-state index contributed by atoms with van der Waals surface area (Å²) in [5.74, 6) is 1.14. The van der Waals surface area contributed by atoms with Crippen LogP contribution in [0.1, 0.15) is 27.4 Å². The summed E-state index contributed by atoms with van der Waals surface area (Å²) < 4.78 is 10.8. The Morgan fingerprint density at radius 3 is 2.46 bits per heavy atom. The number of halogens is 2. The van der Waals surface area contributed by atoms with E-state index in [2.05, 4.69) is 10.5 Å². The van der Waals surface area contributed by atoms with E-state index < -0.39 is 0 Å². The van der Waals surface area contributed by atoms with Gasteiger partial charge < -0.3 is 14.6 Å². The van der Waals surface area contributed by atoms with Gasteiger partial charge in [0.15, 0.2) is 0 Å². The van der Waals surface area contributed by atoms with Crippen LogP contribution in [0, 0.1) is 13.8 Å². The molecule has 0 unspecified atom stereocenters. The van der Waals surface area contributed by atoms with Crippen molar-refractivity contribution in [2.45, 2.75) is 20.5 Å². The van der Waals surface area contributed by atoms with Crippen molar-refractivity contribution in [2.75, 3.05) is 5.32 Å². The molecule has 1 heterocycles. The molecular weight excluding hydrogens is 375 g/mol. The number of amides is 1. The molecule has 0 saturated carbocycles. The van der Waals surface area contributed by atoms with Crippen LogP contribution in [0.2, 0.25) is 10.0 Å². The van der Waals surface area contributed by atoms with Gasteiger partial charge in [-0.2, -0.15) is 0 Å². The molecule has 0 fully saturated rings. The fourth-order valence-corrected chi connectivity index (χ4v) is 2.64. The molecule has 134 valence electrons. The molecule has 3 aromatic rings. The van der Waals surface area contributed by atoms with Crippen LogP contribution in [-0.4, -0.2) is 11.1 Å². The Labute approximate surface area is 160 Å². The summed E-state index contributed by atoms with van der Waals surface area (Å²) in [6.45, 7) is 4.07. The standard InChI is InChI=1S/C19H16Cl2N2O3/c1-11-16(12(2)26-23-11)10-25-15-6-3-13(4-7-15)19(24)22-14-5-8-17(20)18(21)9-14/h3-9H,10H2,1-2H3,(H,22,24). The third-order valence-electron chi connectivity index (χ3n) is 3.86. The third kappa shape index (κ3) is 4.18. The number of hydrogen-bond acceptors (Lipinski definition) is 4. The average Bonchev–Trinajstić information content (AvgIpc) is 2.95. The largest absolute Gasteiger partial charge is 0.489 e. The van der Waals surface area contributed by atoms with Crippen molar-refractivity contribution in [1.29, 1.82) is 0 Å². The Kier molecular flexibility index (Phi) is 5.49. The lowest BCUT2D eigenvalue weighted by molar-refractivity contribution is 0.102. The van der Waals surface area contributed by atoms with Crippen molar-refractivity contribution >= 4 is 34.8 Å². The second-order valence-electron chi connectivity index (χ2n) is 5.70. The summed E-state index contributed by atoms with van der Waals surface area (Å²) >= 11 is 11.8. The first-order valence-electron chi connectivity index (χ1n) is 7.85. The van der Waals surface area contributed by atoms with E-state index in [1.807, 2.05) is 13.8 Å². The topological polar surface area (TPSA) is 64.4 Å². The third-order valence-corrected chi connectivity index (χ3v) is 4.60. The first-order valence-corrected chi connectivity index (χ1v) is 8.60. The van der Waals surface area contributed by atoms with Gasteiger partial charge in [-0.3, -0.25) is 4.79 Å². The highest BCUT2D eigenvalue weighted by Gasteiger charge is 2.11. The first kappa shape index (κ1) is 18.3. The van der Waals surface area contributed by atoms with Gasteiger partial charge in [0, 0.05) is 11.3 Å². The number of nitrogens with one attached hydrogen (secondary N) is 1. The number of carbonyl (C=O) groups is 1. The molecular formula is C19H16Cl2N2O3. The quantitative estimate of drug-likeness (QED) is 0.630. The van der Waals surface area contributed by atoms with Gasteiger partial charge in [-0.15, -0.1) is 0 Å². The van der Waals surface area contributed by atoms with E-state index in [4.69, 9.17) is 32.5 Å². The predicted molar refractivity (Wildman–Crippen MR) is 101 cm³/mol. The first-order chi connectivity index (χ1) is 12.4. The second-order valence-corrected chi connectivity index (χ2v) is 6.51. The minimum absolute atomic E-state index is 0.249. The summed E-state index contributed by atoms with van der Waals surface area (Å²) in [6.07, 6.45) is 0. The number of aryl methyl sites for hydroxylation is 2. The lowest BCUT2D eigenvalue weighted by Crippen LogP contribution is -2.11. The fourth-order valence-electron chi connectivity index (χ4n) is 2.34. The van der Waals surface area contributed by atoms with Gasteiger partial charge in [-0.1, -0.05) is 28.4 Å². The normalized spacial score (nSPS) is 10.6. The summed E-state index contributed by atoms with van der Waals surface area (Å²) in [5.41, 5.74) is 2.80. The zero-order valence-corrected chi connectivity index (χ0v) is 15.7. The Morgan fingerprint density at radius 2 is 1.85 bits per heavy atom. The van der Waals surface area contributed by atoms with Crippen molar-refractivity contribution in [3.8, 4) is 5.75 Å². The molecule has 1 N–H and O–H groups in total. The van der Waals surface area contributed by atoms with Crippen molar-refractivity contribution in [1.82, 2.24) is 5.16 Å². The van der Waals surface area contributed by atoms with E-state index in [-0.39, 0.29) is 5.91 Å². The summed E-state index contributed by atoms with van der Waals surface area (Å²) in [5, 5.41) is 7.48. The number of rotatable bonds is 5. The van der Waals surface area contributed by atoms with Crippen LogP contribution in [0.4, 0.5) is 5.69 Å². The number of ether oxygens (including phenoxy) is 1. The van der Waals surface area contributed by atoms with Crippen molar-refractivity contribution in [2.24, 2.45) is 0 Å². The van der Waals surface area contributed by atoms with Gasteiger partial charge in [-0.05, 0) is 56.3 Å². The van der Waals surface area contributed by atoms with E-state index in [0.717, 1.165) is 17.0 Å². The molecule has 0 atom stereocenters. The number of hydrogen-bond donors (Lipinski definition) is 1. The van der Waals surface area contributed by atoms with Crippen LogP contribution < -0.4 is 10.1 Å². The van der Waals surface area contributed by atoms with E-state index in [1.165, 1.54) is 0 Å². The van der Waals surface area contributed by atoms with Crippen LogP contribution in [-0.2, 0) is 6.61 Å². The Bertz CT molecular complexity index is 917. The molecule has 7 heteroatoms. The van der Waals surface area contributed by atoms with Gasteiger partial charge in [0.05, 0.1) is 21.3 Å². The minimum Gasteiger partial charge on any atom is -0.489 e. The molecule has 0 bridgehead atoms. The number of aromatic nitrogens is 1. The maximum absolute atomic E-state index is 12.3. The van der Waals surface area contributed by atoms with E-state index in [1.54, 1.807) is 42.5 Å². The molecule has 2 aromatic carbocycles. The zero-order valence-electron chi connectivity index (χ0n) is 14.2. The molecule has 1 amide bonds. The van der Waals surface area contributed by atoms with Gasteiger partial charge in [0.25, 0.3) is 5.91 Å². The average molecular weight is 391 g/mol. The van der Waals surface area contributed by atoms with Gasteiger partial charge in [0.2, 0.25) is 0 Å². The Balaban J connectivity index is 1.63. The molecule has 0 aliphatic rings. The molecule has 5 nitrogen and oxygen atoms in total. The highest BCUT2D eigenvalue weighted by Crippen LogP contribution is 2.25. The summed E-state index contributed by atoms with van der Waals surface area (Å²) in [7, 11) is 0. The van der Waals surface area contributed by atoms with Gasteiger partial charge in [-0.25, -0.2) is 0 Å². The summed E-state index contributed by atoms with van der Waals surface area (Å²) in [6, 6.07) is 11.8. The molecule has 0 radical (unpaired) electrons. The van der Waals surface area contributed by atoms with Crippen LogP contribution in [0.3, 0.4) is 0 Å². The predicted octanol–water partition coefficient (Wildman–Crippen LogP) is 5.43. The molecule has 0 aliphatic carbocycles. The van der Waals surface area contributed by atoms with Gasteiger partial charge in [0.1, 0.15) is 18.1 Å². The minimum atomic E-state index is -0.249. The SMILES string of the molecule is Cc1noc(C)c1COc1ccc(C(=O)Nc2ccc(Cl)c(Cl)c2)cc1. The lowest BCUT2D eigenvalue weighted by Gasteiger charge is -2.08. The molecule has 3 rings (SSSR count). The maximum atomic E-state index is 12.3. The van der Waals surface area contributed by atoms with Crippen molar-refractivity contribution in [3.05, 3.63) is 75.1 Å². The second kappa shape index (κ2) is 7.81. The Hall–Kier alpha value is -2.50. The van der Waals surface area contributed by atoms with E-state index in [0.29, 0.717) is 33.7 Å².